The van der Waals surface area contributed by atoms with Crippen LogP contribution in [0.5, 0.6) is 0 Å². The molecule has 1 N–H and O–H groups in total. The van der Waals surface area contributed by atoms with Gasteiger partial charge in [0.15, 0.2) is 0 Å². The Hall–Kier alpha value is -0.650. The highest BCUT2D eigenvalue weighted by Crippen LogP contribution is 2.24. The molecule has 4 fully saturated rings. The third kappa shape index (κ3) is 3.09. The van der Waals surface area contributed by atoms with Crippen molar-refractivity contribution in [2.45, 2.75) is 18.9 Å². The number of piperidine rings is 1. The van der Waals surface area contributed by atoms with Crippen LogP contribution in [-0.4, -0.2) is 86.1 Å². The van der Waals surface area contributed by atoms with Gasteiger partial charge in [-0.2, -0.15) is 0 Å². The first kappa shape index (κ1) is 13.3. The summed E-state index contributed by atoms with van der Waals surface area (Å²) in [5.41, 5.74) is 0. The van der Waals surface area contributed by atoms with Crippen LogP contribution in [0.3, 0.4) is 0 Å². The molecule has 1 amide bonds. The van der Waals surface area contributed by atoms with E-state index in [1.807, 2.05) is 4.90 Å². The van der Waals surface area contributed by atoms with Crippen LogP contribution in [0.25, 0.3) is 0 Å². The fourth-order valence-electron chi connectivity index (χ4n) is 3.56. The number of carbonyl (C=O) groups is 1. The number of likely N-dealkylation sites (N-methyl/N-ethyl adjacent to an activating group) is 1. The fraction of sp³-hybridized carbons (Fsp3) is 0.929. The van der Waals surface area contributed by atoms with Crippen LogP contribution in [0.15, 0.2) is 0 Å². The number of hydrogen-bond acceptors (Lipinski definition) is 4. The second-order valence-electron chi connectivity index (χ2n) is 6.37. The number of piperazine rings is 1. The molecule has 4 rings (SSSR count). The average Bonchev–Trinajstić information content (AvgIpc) is 2.74. The molecule has 0 saturated carbocycles. The molecule has 0 radical (unpaired) electrons. The second-order valence-corrected chi connectivity index (χ2v) is 6.37. The summed E-state index contributed by atoms with van der Waals surface area (Å²) < 4.78 is 0. The van der Waals surface area contributed by atoms with Gasteiger partial charge in [0.2, 0.25) is 5.91 Å². The van der Waals surface area contributed by atoms with Gasteiger partial charge < -0.3 is 15.1 Å². The first-order chi connectivity index (χ1) is 9.22. The molecule has 4 saturated heterocycles. The summed E-state index contributed by atoms with van der Waals surface area (Å²) in [5, 5.41) is 3.52. The predicted octanol–water partition coefficient (Wildman–Crippen LogP) is -0.556. The van der Waals surface area contributed by atoms with E-state index in [2.05, 4.69) is 22.2 Å². The molecule has 4 aliphatic heterocycles. The minimum Gasteiger partial charge on any atom is -0.339 e. The summed E-state index contributed by atoms with van der Waals surface area (Å²) in [6.45, 7) is 7.76. The van der Waals surface area contributed by atoms with Gasteiger partial charge in [-0.3, -0.25) is 9.69 Å². The molecule has 0 aromatic heterocycles. The molecule has 108 valence electrons. The van der Waals surface area contributed by atoms with Crippen LogP contribution >= 0.6 is 0 Å². The van der Waals surface area contributed by atoms with Crippen LogP contribution in [0.2, 0.25) is 0 Å². The SMILES string of the molecule is CN1CCN(C(=O)CN2C[C@@H]3CC[C@H]2CNC3)CC1. The zero-order valence-corrected chi connectivity index (χ0v) is 12.0. The molecule has 2 bridgehead atoms. The molecule has 2 atom stereocenters. The smallest absolute Gasteiger partial charge is 0.236 e. The average molecular weight is 266 g/mol. The van der Waals surface area contributed by atoms with Gasteiger partial charge in [0.05, 0.1) is 6.54 Å². The van der Waals surface area contributed by atoms with Gasteiger partial charge in [-0.15, -0.1) is 0 Å². The molecule has 0 spiro atoms. The van der Waals surface area contributed by atoms with Crippen molar-refractivity contribution >= 4 is 5.91 Å². The van der Waals surface area contributed by atoms with E-state index in [9.17, 15) is 4.79 Å². The molecule has 0 unspecified atom stereocenters. The number of hydrogen-bond donors (Lipinski definition) is 1. The maximum absolute atomic E-state index is 12.4. The van der Waals surface area contributed by atoms with E-state index in [1.54, 1.807) is 0 Å². The molecule has 5 nitrogen and oxygen atoms in total. The Labute approximate surface area is 115 Å². The number of carbonyl (C=O) groups excluding carboxylic acids is 1. The van der Waals surface area contributed by atoms with Gasteiger partial charge in [-0.25, -0.2) is 0 Å². The maximum atomic E-state index is 12.4. The Balaban J connectivity index is 1.54. The molecular weight excluding hydrogens is 240 g/mol. The molecule has 4 aliphatic rings. The predicted molar refractivity (Wildman–Crippen MR) is 75.0 cm³/mol. The Morgan fingerprint density at radius 3 is 2.74 bits per heavy atom. The van der Waals surface area contributed by atoms with Crippen LogP contribution in [0.1, 0.15) is 12.8 Å². The quantitative estimate of drug-likeness (QED) is 0.727. The van der Waals surface area contributed by atoms with Crippen LogP contribution < -0.4 is 5.32 Å². The monoisotopic (exact) mass is 266 g/mol. The van der Waals surface area contributed by atoms with E-state index in [4.69, 9.17) is 0 Å². The lowest BCUT2D eigenvalue weighted by atomic mass is 9.95. The summed E-state index contributed by atoms with van der Waals surface area (Å²) in [6.07, 6.45) is 2.59. The largest absolute Gasteiger partial charge is 0.339 e. The third-order valence-electron chi connectivity index (χ3n) is 4.92. The number of rotatable bonds is 2. The number of nitrogens with one attached hydrogen (secondary N) is 1. The highest BCUT2D eigenvalue weighted by molar-refractivity contribution is 5.78. The second kappa shape index (κ2) is 5.77. The first-order valence-electron chi connectivity index (χ1n) is 7.63. The molecule has 4 heterocycles. The van der Waals surface area contributed by atoms with E-state index >= 15 is 0 Å². The summed E-state index contributed by atoms with van der Waals surface area (Å²) in [4.78, 5) is 19.2. The minimum atomic E-state index is 0.334. The topological polar surface area (TPSA) is 38.8 Å². The number of fused-ring (bicyclic) bond motifs is 4. The van der Waals surface area contributed by atoms with Gasteiger partial charge in [0.25, 0.3) is 0 Å². The Morgan fingerprint density at radius 1 is 1.16 bits per heavy atom. The molecule has 0 aromatic rings. The normalized spacial score (nSPS) is 33.4. The maximum Gasteiger partial charge on any atom is 0.236 e. The number of nitrogens with zero attached hydrogens (tertiary/aromatic N) is 3. The van der Waals surface area contributed by atoms with Crippen LogP contribution in [0, 0.1) is 5.92 Å². The summed E-state index contributed by atoms with van der Waals surface area (Å²) >= 11 is 0. The van der Waals surface area contributed by atoms with Crippen molar-refractivity contribution in [1.82, 2.24) is 20.0 Å². The zero-order chi connectivity index (χ0) is 13.2. The zero-order valence-electron chi connectivity index (χ0n) is 12.0. The Morgan fingerprint density at radius 2 is 1.95 bits per heavy atom. The molecular formula is C14H26N4O. The fourth-order valence-corrected chi connectivity index (χ4v) is 3.56. The standard InChI is InChI=1S/C14H26N4O/c1-16-4-6-17(7-5-16)14(19)11-18-10-12-2-3-13(18)9-15-8-12/h12-13,15H,2-11H2,1H3/t12-,13+/m1/s1. The van der Waals surface area contributed by atoms with Crippen molar-refractivity contribution < 1.29 is 4.79 Å². The highest BCUT2D eigenvalue weighted by Gasteiger charge is 2.33. The van der Waals surface area contributed by atoms with E-state index in [0.29, 0.717) is 18.5 Å². The van der Waals surface area contributed by atoms with E-state index in [1.165, 1.54) is 12.8 Å². The first-order valence-corrected chi connectivity index (χ1v) is 7.63. The van der Waals surface area contributed by atoms with Gasteiger partial charge in [0.1, 0.15) is 0 Å². The lowest BCUT2D eigenvalue weighted by molar-refractivity contribution is -0.135. The van der Waals surface area contributed by atoms with Gasteiger partial charge in [-0.1, -0.05) is 0 Å². The van der Waals surface area contributed by atoms with Gasteiger partial charge in [-0.05, 0) is 32.4 Å². The van der Waals surface area contributed by atoms with E-state index in [0.717, 1.165) is 51.7 Å². The lowest BCUT2D eigenvalue weighted by Gasteiger charge is -2.38. The van der Waals surface area contributed by atoms with E-state index < -0.39 is 0 Å². The van der Waals surface area contributed by atoms with Crippen molar-refractivity contribution in [2.75, 3.05) is 59.4 Å². The van der Waals surface area contributed by atoms with Gasteiger partial charge >= 0.3 is 0 Å². The number of amides is 1. The Kier molecular flexibility index (Phi) is 4.05. The molecule has 19 heavy (non-hydrogen) atoms. The van der Waals surface area contributed by atoms with Crippen molar-refractivity contribution in [3.8, 4) is 0 Å². The Bertz CT molecular complexity index is 323. The van der Waals surface area contributed by atoms with Gasteiger partial charge in [0, 0.05) is 45.3 Å². The van der Waals surface area contributed by atoms with Crippen LogP contribution in [0.4, 0.5) is 0 Å². The van der Waals surface area contributed by atoms with Crippen molar-refractivity contribution in [1.29, 1.82) is 0 Å². The van der Waals surface area contributed by atoms with Crippen molar-refractivity contribution in [3.05, 3.63) is 0 Å². The lowest BCUT2D eigenvalue weighted by Crippen LogP contribution is -2.53. The summed E-state index contributed by atoms with van der Waals surface area (Å²) in [7, 11) is 2.13. The summed E-state index contributed by atoms with van der Waals surface area (Å²) in [5.74, 6) is 1.08. The van der Waals surface area contributed by atoms with E-state index in [-0.39, 0.29) is 0 Å². The summed E-state index contributed by atoms with van der Waals surface area (Å²) in [6, 6.07) is 0.579. The molecule has 5 heteroatoms. The minimum absolute atomic E-state index is 0.334. The van der Waals surface area contributed by atoms with Crippen molar-refractivity contribution in [3.63, 3.8) is 0 Å². The van der Waals surface area contributed by atoms with Crippen molar-refractivity contribution in [2.24, 2.45) is 5.92 Å². The molecule has 0 aliphatic carbocycles. The third-order valence-corrected chi connectivity index (χ3v) is 4.92. The highest BCUT2D eigenvalue weighted by atomic mass is 16.2. The molecule has 0 aromatic carbocycles. The van der Waals surface area contributed by atoms with Crippen LogP contribution in [-0.2, 0) is 4.79 Å².